The average Bonchev–Trinajstić information content (AvgIpc) is 2.33. The Morgan fingerprint density at radius 1 is 1.21 bits per heavy atom. The lowest BCUT2D eigenvalue weighted by atomic mass is 10.2. The molecule has 2 rings (SSSR count). The van der Waals surface area contributed by atoms with Crippen LogP contribution in [0.15, 0.2) is 45.3 Å². The molecule has 6 heteroatoms. The molecule has 0 heterocycles. The van der Waals surface area contributed by atoms with Gasteiger partial charge in [-0.3, -0.25) is 10.1 Å². The number of ether oxygens (including phenoxy) is 1. The van der Waals surface area contributed by atoms with Gasteiger partial charge in [0.05, 0.1) is 9.40 Å². The molecule has 0 amide bonds. The van der Waals surface area contributed by atoms with E-state index < -0.39 is 4.92 Å². The minimum atomic E-state index is -0.414. The lowest BCUT2D eigenvalue weighted by Crippen LogP contribution is -1.94. The van der Waals surface area contributed by atoms with E-state index in [1.165, 1.54) is 6.07 Å². The van der Waals surface area contributed by atoms with Gasteiger partial charge >= 0.3 is 0 Å². The van der Waals surface area contributed by atoms with E-state index in [1.54, 1.807) is 13.0 Å². The van der Waals surface area contributed by atoms with E-state index in [0.717, 1.165) is 4.47 Å². The molecule has 0 saturated heterocycles. The second-order valence-corrected chi connectivity index (χ2v) is 5.66. The largest absolute Gasteiger partial charge is 0.456 e. The monoisotopic (exact) mass is 385 g/mol. The molecular weight excluding hydrogens is 378 g/mol. The number of halogens is 2. The quantitative estimate of drug-likeness (QED) is 0.536. The van der Waals surface area contributed by atoms with Gasteiger partial charge in [0.2, 0.25) is 0 Å². The molecule has 0 spiro atoms. The number of nitro groups is 1. The molecule has 0 fully saturated rings. The fraction of sp³-hybridized carbons (Fsp3) is 0.0769. The molecule has 2 aromatic rings. The van der Waals surface area contributed by atoms with Gasteiger partial charge in [0.25, 0.3) is 5.69 Å². The highest BCUT2D eigenvalue weighted by atomic mass is 79.9. The Morgan fingerprint density at radius 3 is 2.58 bits per heavy atom. The van der Waals surface area contributed by atoms with Gasteiger partial charge in [0, 0.05) is 16.1 Å². The minimum absolute atomic E-state index is 0.0634. The molecule has 0 saturated carbocycles. The Hall–Kier alpha value is -1.40. The van der Waals surface area contributed by atoms with Crippen molar-refractivity contribution in [2.24, 2.45) is 0 Å². The number of rotatable bonds is 3. The van der Waals surface area contributed by atoms with Crippen LogP contribution >= 0.6 is 31.9 Å². The summed E-state index contributed by atoms with van der Waals surface area (Å²) >= 11 is 6.64. The molecule has 2 aromatic carbocycles. The Bertz CT molecular complexity index is 644. The molecule has 0 aliphatic heterocycles. The van der Waals surface area contributed by atoms with E-state index in [9.17, 15) is 10.1 Å². The van der Waals surface area contributed by atoms with Crippen LogP contribution in [-0.4, -0.2) is 4.92 Å². The van der Waals surface area contributed by atoms with E-state index in [4.69, 9.17) is 4.74 Å². The summed E-state index contributed by atoms with van der Waals surface area (Å²) < 4.78 is 7.15. The highest BCUT2D eigenvalue weighted by molar-refractivity contribution is 9.10. The number of nitrogens with zero attached hydrogens (tertiary/aromatic N) is 1. The number of hydrogen-bond acceptors (Lipinski definition) is 3. The second kappa shape index (κ2) is 5.71. The third kappa shape index (κ3) is 3.33. The Kier molecular flexibility index (Phi) is 4.21. The highest BCUT2D eigenvalue weighted by Crippen LogP contribution is 2.35. The summed E-state index contributed by atoms with van der Waals surface area (Å²) in [5.74, 6) is 1.20. The molecule has 0 aromatic heterocycles. The van der Waals surface area contributed by atoms with E-state index >= 15 is 0 Å². The van der Waals surface area contributed by atoms with Gasteiger partial charge < -0.3 is 4.74 Å². The molecule has 0 N–H and O–H groups in total. The summed E-state index contributed by atoms with van der Waals surface area (Å²) in [5.41, 5.74) is 0.617. The van der Waals surface area contributed by atoms with Gasteiger partial charge in [-0.25, -0.2) is 0 Å². The van der Waals surface area contributed by atoms with E-state index in [-0.39, 0.29) is 5.69 Å². The Balaban J connectivity index is 2.36. The van der Waals surface area contributed by atoms with Gasteiger partial charge in [-0.1, -0.05) is 22.0 Å². The smallest absolute Gasteiger partial charge is 0.273 e. The average molecular weight is 387 g/mol. The summed E-state index contributed by atoms with van der Waals surface area (Å²) in [6.07, 6.45) is 0. The van der Waals surface area contributed by atoms with Gasteiger partial charge in [0.15, 0.2) is 0 Å². The van der Waals surface area contributed by atoms with Crippen LogP contribution in [0.4, 0.5) is 5.69 Å². The summed E-state index contributed by atoms with van der Waals surface area (Å²) in [6.45, 7) is 1.68. The first-order chi connectivity index (χ1) is 8.97. The summed E-state index contributed by atoms with van der Waals surface area (Å²) in [5, 5.41) is 10.8. The number of aryl methyl sites for hydroxylation is 1. The van der Waals surface area contributed by atoms with Crippen LogP contribution in [0.5, 0.6) is 11.5 Å². The first-order valence-electron chi connectivity index (χ1n) is 5.35. The zero-order valence-electron chi connectivity index (χ0n) is 9.89. The Morgan fingerprint density at radius 2 is 1.95 bits per heavy atom. The molecule has 98 valence electrons. The highest BCUT2D eigenvalue weighted by Gasteiger charge is 2.15. The van der Waals surface area contributed by atoms with E-state index in [2.05, 4.69) is 31.9 Å². The van der Waals surface area contributed by atoms with Gasteiger partial charge in [-0.05, 0) is 47.1 Å². The maximum absolute atomic E-state index is 10.8. The molecule has 0 unspecified atom stereocenters. The molecular formula is C13H9Br2NO3. The van der Waals surface area contributed by atoms with E-state index in [0.29, 0.717) is 21.5 Å². The number of benzene rings is 2. The molecule has 0 atom stereocenters. The van der Waals surface area contributed by atoms with Gasteiger partial charge in [-0.2, -0.15) is 0 Å². The van der Waals surface area contributed by atoms with E-state index in [1.807, 2.05) is 24.3 Å². The third-order valence-electron chi connectivity index (χ3n) is 2.47. The molecule has 0 aliphatic rings. The normalized spacial score (nSPS) is 10.3. The molecule has 0 aliphatic carbocycles. The Labute approximate surface area is 126 Å². The second-order valence-electron chi connectivity index (χ2n) is 3.89. The molecule has 0 radical (unpaired) electrons. The first-order valence-corrected chi connectivity index (χ1v) is 6.94. The minimum Gasteiger partial charge on any atom is -0.456 e. The van der Waals surface area contributed by atoms with Gasteiger partial charge in [-0.15, -0.1) is 0 Å². The summed E-state index contributed by atoms with van der Waals surface area (Å²) in [7, 11) is 0. The topological polar surface area (TPSA) is 52.4 Å². The van der Waals surface area contributed by atoms with Crippen molar-refractivity contribution in [1.82, 2.24) is 0 Å². The van der Waals surface area contributed by atoms with Crippen molar-refractivity contribution in [3.63, 3.8) is 0 Å². The van der Waals surface area contributed by atoms with Crippen molar-refractivity contribution >= 4 is 37.5 Å². The van der Waals surface area contributed by atoms with Crippen LogP contribution in [0.3, 0.4) is 0 Å². The van der Waals surface area contributed by atoms with Crippen molar-refractivity contribution in [3.8, 4) is 11.5 Å². The van der Waals surface area contributed by atoms with Crippen LogP contribution in [0.2, 0.25) is 0 Å². The zero-order valence-corrected chi connectivity index (χ0v) is 13.1. The van der Waals surface area contributed by atoms with Crippen LogP contribution in [0.1, 0.15) is 5.56 Å². The summed E-state index contributed by atoms with van der Waals surface area (Å²) in [6, 6.07) is 10.5. The molecule has 19 heavy (non-hydrogen) atoms. The van der Waals surface area contributed by atoms with Gasteiger partial charge in [0.1, 0.15) is 11.5 Å². The van der Waals surface area contributed by atoms with Crippen LogP contribution in [0.25, 0.3) is 0 Å². The van der Waals surface area contributed by atoms with Crippen LogP contribution in [0, 0.1) is 17.0 Å². The van der Waals surface area contributed by atoms with Crippen molar-refractivity contribution in [2.45, 2.75) is 6.92 Å². The predicted octanol–water partition coefficient (Wildman–Crippen LogP) is 5.22. The predicted molar refractivity (Wildman–Crippen MR) is 79.7 cm³/mol. The molecule has 4 nitrogen and oxygen atoms in total. The van der Waals surface area contributed by atoms with Crippen LogP contribution < -0.4 is 4.74 Å². The maximum Gasteiger partial charge on any atom is 0.273 e. The van der Waals surface area contributed by atoms with Crippen LogP contribution in [-0.2, 0) is 0 Å². The first kappa shape index (κ1) is 14.0. The fourth-order valence-corrected chi connectivity index (χ4v) is 2.37. The standard InChI is InChI=1S/C13H9Br2NO3/c1-8-5-13(11(15)7-12(8)16(17)18)19-10-4-2-3-9(14)6-10/h2-7H,1H3. The zero-order chi connectivity index (χ0) is 14.0. The van der Waals surface area contributed by atoms with Crippen molar-refractivity contribution in [3.05, 3.63) is 61.0 Å². The maximum atomic E-state index is 10.8. The fourth-order valence-electron chi connectivity index (χ4n) is 1.58. The number of nitro benzene ring substituents is 1. The van der Waals surface area contributed by atoms with Crippen molar-refractivity contribution < 1.29 is 9.66 Å². The lowest BCUT2D eigenvalue weighted by molar-refractivity contribution is -0.385. The SMILES string of the molecule is Cc1cc(Oc2cccc(Br)c2)c(Br)cc1[N+](=O)[O-]. The molecule has 0 bridgehead atoms. The lowest BCUT2D eigenvalue weighted by Gasteiger charge is -2.09. The third-order valence-corrected chi connectivity index (χ3v) is 3.58. The van der Waals surface area contributed by atoms with Crippen molar-refractivity contribution in [2.75, 3.05) is 0 Å². The van der Waals surface area contributed by atoms with Crippen molar-refractivity contribution in [1.29, 1.82) is 0 Å². The number of hydrogen-bond donors (Lipinski definition) is 0. The summed E-state index contributed by atoms with van der Waals surface area (Å²) in [4.78, 5) is 10.4.